The maximum Gasteiger partial charge on any atom is 0.323 e. The molecule has 9 heteroatoms. The zero-order valence-electron chi connectivity index (χ0n) is 14.6. The van der Waals surface area contributed by atoms with Gasteiger partial charge in [0.2, 0.25) is 10.0 Å². The van der Waals surface area contributed by atoms with E-state index in [0.29, 0.717) is 6.42 Å². The predicted octanol–water partition coefficient (Wildman–Crippen LogP) is 0.937. The molecule has 0 aliphatic carbocycles. The molecule has 0 aliphatic heterocycles. The molecule has 2 N–H and O–H groups in total. The number of carbonyl (C=O) groups excluding carboxylic acids is 1. The largest absolute Gasteiger partial charge is 0.480 e. The van der Waals surface area contributed by atoms with Crippen molar-refractivity contribution in [3.63, 3.8) is 0 Å². The van der Waals surface area contributed by atoms with E-state index in [0.717, 1.165) is 4.90 Å². The van der Waals surface area contributed by atoms with E-state index in [-0.39, 0.29) is 29.7 Å². The van der Waals surface area contributed by atoms with Crippen LogP contribution in [0.1, 0.15) is 30.6 Å². The van der Waals surface area contributed by atoms with Crippen molar-refractivity contribution in [2.75, 3.05) is 26.8 Å². The Balaban J connectivity index is 2.96. The van der Waals surface area contributed by atoms with Crippen molar-refractivity contribution in [3.05, 3.63) is 29.8 Å². The Hall–Kier alpha value is -1.97. The van der Waals surface area contributed by atoms with Gasteiger partial charge in [-0.05, 0) is 37.6 Å². The summed E-state index contributed by atoms with van der Waals surface area (Å²) in [5.41, 5.74) is 0.208. The summed E-state index contributed by atoms with van der Waals surface area (Å²) in [4.78, 5) is 24.5. The van der Waals surface area contributed by atoms with Gasteiger partial charge in [-0.25, -0.2) is 13.1 Å². The third kappa shape index (κ3) is 6.45. The number of benzene rings is 1. The molecular weight excluding hydrogens is 348 g/mol. The lowest BCUT2D eigenvalue weighted by molar-refractivity contribution is -0.137. The second kappa shape index (κ2) is 9.50. The third-order valence-electron chi connectivity index (χ3n) is 3.56. The highest BCUT2D eigenvalue weighted by atomic mass is 32.2. The van der Waals surface area contributed by atoms with E-state index in [1.807, 2.05) is 6.92 Å². The fourth-order valence-electron chi connectivity index (χ4n) is 1.99. The third-order valence-corrected chi connectivity index (χ3v) is 5.16. The standard InChI is InChI=1S/C16H24N2O6S/c1-4-12(2)17-25(22,23)14-7-5-13(6-8-14)16(21)18(9-10-24-3)11-15(19)20/h5-8,12,17H,4,9-11H2,1-3H3,(H,19,20). The molecule has 1 atom stereocenters. The highest BCUT2D eigenvalue weighted by molar-refractivity contribution is 7.89. The number of hydrogen-bond donors (Lipinski definition) is 2. The Kier molecular flexibility index (Phi) is 8.01. The van der Waals surface area contributed by atoms with Crippen LogP contribution < -0.4 is 4.72 Å². The molecule has 0 bridgehead atoms. The average Bonchev–Trinajstić information content (AvgIpc) is 2.57. The van der Waals surface area contributed by atoms with Gasteiger partial charge >= 0.3 is 5.97 Å². The van der Waals surface area contributed by atoms with Crippen molar-refractivity contribution in [2.24, 2.45) is 0 Å². The van der Waals surface area contributed by atoms with Crippen LogP contribution >= 0.6 is 0 Å². The number of aliphatic carboxylic acids is 1. The van der Waals surface area contributed by atoms with E-state index >= 15 is 0 Å². The summed E-state index contributed by atoms with van der Waals surface area (Å²) >= 11 is 0. The van der Waals surface area contributed by atoms with E-state index in [4.69, 9.17) is 9.84 Å². The van der Waals surface area contributed by atoms with Gasteiger partial charge in [0.15, 0.2) is 0 Å². The smallest absolute Gasteiger partial charge is 0.323 e. The quantitative estimate of drug-likeness (QED) is 0.632. The van der Waals surface area contributed by atoms with Crippen LogP contribution in [0.4, 0.5) is 0 Å². The number of carboxylic acid groups (broad SMARTS) is 1. The summed E-state index contributed by atoms with van der Waals surface area (Å²) in [6.45, 7) is 3.49. The monoisotopic (exact) mass is 372 g/mol. The lowest BCUT2D eigenvalue weighted by Crippen LogP contribution is -2.38. The molecule has 8 nitrogen and oxygen atoms in total. The minimum atomic E-state index is -3.66. The summed E-state index contributed by atoms with van der Waals surface area (Å²) < 4.78 is 31.8. The van der Waals surface area contributed by atoms with Gasteiger partial charge in [0.25, 0.3) is 5.91 Å². The first-order valence-electron chi connectivity index (χ1n) is 7.83. The fraction of sp³-hybridized carbons (Fsp3) is 0.500. The number of nitrogens with zero attached hydrogens (tertiary/aromatic N) is 1. The molecule has 1 aromatic carbocycles. The first kappa shape index (κ1) is 21.1. The first-order valence-corrected chi connectivity index (χ1v) is 9.32. The zero-order valence-corrected chi connectivity index (χ0v) is 15.4. The molecule has 0 saturated heterocycles. The summed E-state index contributed by atoms with van der Waals surface area (Å²) in [5.74, 6) is -1.64. The van der Waals surface area contributed by atoms with Gasteiger partial charge in [-0.2, -0.15) is 0 Å². The maximum absolute atomic E-state index is 12.4. The van der Waals surface area contributed by atoms with Crippen molar-refractivity contribution in [3.8, 4) is 0 Å². The molecule has 0 fully saturated rings. The van der Waals surface area contributed by atoms with Crippen LogP contribution in [0.5, 0.6) is 0 Å². The summed E-state index contributed by atoms with van der Waals surface area (Å²) in [6.07, 6.45) is 0.652. The summed E-state index contributed by atoms with van der Waals surface area (Å²) in [5, 5.41) is 8.91. The number of nitrogens with one attached hydrogen (secondary N) is 1. The molecule has 0 saturated carbocycles. The van der Waals surface area contributed by atoms with Crippen molar-refractivity contribution >= 4 is 21.9 Å². The topological polar surface area (TPSA) is 113 Å². The highest BCUT2D eigenvalue weighted by Gasteiger charge is 2.20. The SMILES string of the molecule is CCC(C)NS(=O)(=O)c1ccc(C(=O)N(CCOC)CC(=O)O)cc1. The van der Waals surface area contributed by atoms with Crippen LogP contribution in [-0.2, 0) is 19.6 Å². The molecule has 0 heterocycles. The van der Waals surface area contributed by atoms with E-state index in [2.05, 4.69) is 4.72 Å². The van der Waals surface area contributed by atoms with Crippen LogP contribution in [0.3, 0.4) is 0 Å². The van der Waals surface area contributed by atoms with Crippen LogP contribution in [-0.4, -0.2) is 63.1 Å². The van der Waals surface area contributed by atoms with Crippen LogP contribution in [0.25, 0.3) is 0 Å². The van der Waals surface area contributed by atoms with E-state index < -0.39 is 28.4 Å². The van der Waals surface area contributed by atoms with Gasteiger partial charge in [0.05, 0.1) is 11.5 Å². The Morgan fingerprint density at radius 3 is 2.36 bits per heavy atom. The van der Waals surface area contributed by atoms with Crippen molar-refractivity contribution in [2.45, 2.75) is 31.2 Å². The molecule has 0 aliphatic rings. The number of ether oxygens (including phenoxy) is 1. The molecule has 1 rings (SSSR count). The normalized spacial score (nSPS) is 12.6. The second-order valence-corrected chi connectivity index (χ2v) is 7.28. The van der Waals surface area contributed by atoms with E-state index in [9.17, 15) is 18.0 Å². The average molecular weight is 372 g/mol. The van der Waals surface area contributed by atoms with Crippen LogP contribution in [0, 0.1) is 0 Å². The zero-order chi connectivity index (χ0) is 19.0. The molecular formula is C16H24N2O6S. The lowest BCUT2D eigenvalue weighted by atomic mass is 10.2. The van der Waals surface area contributed by atoms with Crippen LogP contribution in [0.15, 0.2) is 29.2 Å². The maximum atomic E-state index is 12.4. The van der Waals surface area contributed by atoms with E-state index in [1.54, 1.807) is 6.92 Å². The molecule has 1 amide bonds. The lowest BCUT2D eigenvalue weighted by Gasteiger charge is -2.20. The molecule has 0 spiro atoms. The van der Waals surface area contributed by atoms with Gasteiger partial charge in [0, 0.05) is 25.3 Å². The molecule has 1 aromatic rings. The number of carboxylic acids is 1. The molecule has 1 unspecified atom stereocenters. The second-order valence-electron chi connectivity index (χ2n) is 5.57. The Labute approximate surface area is 147 Å². The highest BCUT2D eigenvalue weighted by Crippen LogP contribution is 2.13. The van der Waals surface area contributed by atoms with Gasteiger partial charge in [-0.15, -0.1) is 0 Å². The van der Waals surface area contributed by atoms with Gasteiger partial charge in [-0.1, -0.05) is 6.92 Å². The number of methoxy groups -OCH3 is 1. The van der Waals surface area contributed by atoms with Crippen molar-refractivity contribution in [1.29, 1.82) is 0 Å². The van der Waals surface area contributed by atoms with E-state index in [1.165, 1.54) is 31.4 Å². The number of rotatable bonds is 10. The number of carbonyl (C=O) groups is 2. The van der Waals surface area contributed by atoms with Crippen molar-refractivity contribution in [1.82, 2.24) is 9.62 Å². The minimum Gasteiger partial charge on any atom is -0.480 e. The number of sulfonamides is 1. The van der Waals surface area contributed by atoms with Crippen LogP contribution in [0.2, 0.25) is 0 Å². The Morgan fingerprint density at radius 2 is 1.88 bits per heavy atom. The fourth-order valence-corrected chi connectivity index (χ4v) is 3.32. The van der Waals surface area contributed by atoms with Gasteiger partial charge in [-0.3, -0.25) is 9.59 Å². The molecule has 25 heavy (non-hydrogen) atoms. The summed E-state index contributed by atoms with van der Waals surface area (Å²) in [6, 6.07) is 5.19. The Morgan fingerprint density at radius 1 is 1.28 bits per heavy atom. The van der Waals surface area contributed by atoms with Gasteiger partial charge < -0.3 is 14.7 Å². The molecule has 0 radical (unpaired) electrons. The minimum absolute atomic E-state index is 0.0472. The first-order chi connectivity index (χ1) is 11.7. The molecule has 0 aromatic heterocycles. The van der Waals surface area contributed by atoms with Crippen molar-refractivity contribution < 1.29 is 27.9 Å². The number of hydrogen-bond acceptors (Lipinski definition) is 5. The van der Waals surface area contributed by atoms with Gasteiger partial charge in [0.1, 0.15) is 6.54 Å². The predicted molar refractivity (Wildman–Crippen MR) is 91.9 cm³/mol. The Bertz CT molecular complexity index is 687. The number of amides is 1. The summed E-state index contributed by atoms with van der Waals surface area (Å²) in [7, 11) is -2.20. The molecule has 140 valence electrons.